The molecular weight excluding hydrogens is 334 g/mol. The van der Waals surface area contributed by atoms with Crippen molar-refractivity contribution in [3.05, 3.63) is 30.3 Å². The minimum atomic E-state index is -0.541. The van der Waals surface area contributed by atoms with E-state index in [0.717, 1.165) is 18.6 Å². The van der Waals surface area contributed by atoms with Gasteiger partial charge in [0.05, 0.1) is 13.2 Å². The summed E-state index contributed by atoms with van der Waals surface area (Å²) < 4.78 is 5.53. The van der Waals surface area contributed by atoms with E-state index in [-0.39, 0.29) is 30.2 Å². The van der Waals surface area contributed by atoms with E-state index >= 15 is 0 Å². The first-order valence-electron chi connectivity index (χ1n) is 9.02. The van der Waals surface area contributed by atoms with Gasteiger partial charge in [0.2, 0.25) is 17.7 Å². The molecule has 2 aliphatic rings. The van der Waals surface area contributed by atoms with Crippen LogP contribution >= 0.6 is 0 Å². The zero-order chi connectivity index (χ0) is 18.6. The van der Waals surface area contributed by atoms with Crippen LogP contribution in [0.2, 0.25) is 0 Å². The molecule has 1 aromatic rings. The predicted octanol–water partition coefficient (Wildman–Crippen LogP) is 0.828. The van der Waals surface area contributed by atoms with Crippen LogP contribution in [0.3, 0.4) is 0 Å². The Balaban J connectivity index is 1.36. The second-order valence-electron chi connectivity index (χ2n) is 7.19. The molecule has 2 fully saturated rings. The van der Waals surface area contributed by atoms with Gasteiger partial charge in [0.1, 0.15) is 11.8 Å². The van der Waals surface area contributed by atoms with Crippen LogP contribution in [0.1, 0.15) is 32.1 Å². The van der Waals surface area contributed by atoms with Crippen molar-refractivity contribution < 1.29 is 19.1 Å². The fraction of sp³-hybridized carbons (Fsp3) is 0.526. The number of carbonyl (C=O) groups is 3. The monoisotopic (exact) mass is 359 g/mol. The summed E-state index contributed by atoms with van der Waals surface area (Å²) in [7, 11) is 0. The van der Waals surface area contributed by atoms with Crippen molar-refractivity contribution in [2.45, 2.75) is 38.1 Å². The Bertz CT molecular complexity index is 673. The zero-order valence-electron chi connectivity index (χ0n) is 14.8. The summed E-state index contributed by atoms with van der Waals surface area (Å²) in [6.07, 6.45) is 3.57. The standard InChI is InChI=1S/C19H25N3O4/c20-18(25)15-11-19(8-9-19)13-22(15)17(24)12-21-16(23)7-4-10-26-14-5-2-1-3-6-14/h1-3,5-6,15H,4,7-13H2,(H2,20,25)(H,21,23). The van der Waals surface area contributed by atoms with Crippen LogP contribution in [0.5, 0.6) is 5.75 Å². The lowest BCUT2D eigenvalue weighted by Gasteiger charge is -2.22. The Hall–Kier alpha value is -2.57. The fourth-order valence-corrected chi connectivity index (χ4v) is 3.42. The molecule has 1 saturated carbocycles. The quantitative estimate of drug-likeness (QED) is 0.671. The molecular formula is C19H25N3O4. The van der Waals surface area contributed by atoms with Crippen molar-refractivity contribution in [3.8, 4) is 5.75 Å². The number of para-hydroxylation sites is 1. The van der Waals surface area contributed by atoms with Gasteiger partial charge in [0.15, 0.2) is 0 Å². The largest absolute Gasteiger partial charge is 0.494 e. The summed E-state index contributed by atoms with van der Waals surface area (Å²) in [5.41, 5.74) is 5.52. The minimum absolute atomic E-state index is 0.0914. The van der Waals surface area contributed by atoms with Gasteiger partial charge in [0.25, 0.3) is 0 Å². The molecule has 0 bridgehead atoms. The molecule has 1 aliphatic carbocycles. The second kappa shape index (κ2) is 7.76. The van der Waals surface area contributed by atoms with Crippen LogP contribution in [0.15, 0.2) is 30.3 Å². The lowest BCUT2D eigenvalue weighted by molar-refractivity contribution is -0.137. The van der Waals surface area contributed by atoms with Crippen LogP contribution in [-0.2, 0) is 14.4 Å². The maximum absolute atomic E-state index is 12.4. The molecule has 7 heteroatoms. The van der Waals surface area contributed by atoms with E-state index in [4.69, 9.17) is 10.5 Å². The number of nitrogens with two attached hydrogens (primary N) is 1. The Morgan fingerprint density at radius 2 is 1.96 bits per heavy atom. The average Bonchev–Trinajstić information content (AvgIpc) is 3.27. The molecule has 1 aromatic carbocycles. The third-order valence-electron chi connectivity index (χ3n) is 5.11. The number of nitrogens with one attached hydrogen (secondary N) is 1. The molecule has 140 valence electrons. The number of rotatable bonds is 8. The van der Waals surface area contributed by atoms with Crippen molar-refractivity contribution in [2.75, 3.05) is 19.7 Å². The van der Waals surface area contributed by atoms with Gasteiger partial charge < -0.3 is 20.7 Å². The third-order valence-corrected chi connectivity index (χ3v) is 5.11. The zero-order valence-corrected chi connectivity index (χ0v) is 14.8. The normalized spacial score (nSPS) is 20.0. The number of carbonyl (C=O) groups excluding carboxylic acids is 3. The van der Waals surface area contributed by atoms with E-state index in [2.05, 4.69) is 5.32 Å². The van der Waals surface area contributed by atoms with E-state index in [0.29, 0.717) is 26.0 Å². The van der Waals surface area contributed by atoms with Gasteiger partial charge in [0, 0.05) is 13.0 Å². The van der Waals surface area contributed by atoms with E-state index in [1.807, 2.05) is 30.3 Å². The number of hydrogen-bond donors (Lipinski definition) is 2. The van der Waals surface area contributed by atoms with Gasteiger partial charge in [-0.15, -0.1) is 0 Å². The SMILES string of the molecule is NC(=O)C1CC2(CC2)CN1C(=O)CNC(=O)CCCOc1ccccc1. The second-order valence-corrected chi connectivity index (χ2v) is 7.19. The Kier molecular flexibility index (Phi) is 5.44. The molecule has 26 heavy (non-hydrogen) atoms. The highest BCUT2D eigenvalue weighted by Crippen LogP contribution is 2.54. The Labute approximate surface area is 152 Å². The molecule has 1 spiro atoms. The van der Waals surface area contributed by atoms with Gasteiger partial charge in [-0.05, 0) is 43.2 Å². The van der Waals surface area contributed by atoms with Gasteiger partial charge in [-0.25, -0.2) is 0 Å². The number of hydrogen-bond acceptors (Lipinski definition) is 4. The number of likely N-dealkylation sites (tertiary alicyclic amines) is 1. The molecule has 1 heterocycles. The predicted molar refractivity (Wildman–Crippen MR) is 95.2 cm³/mol. The number of nitrogens with zero attached hydrogens (tertiary/aromatic N) is 1. The van der Waals surface area contributed by atoms with Gasteiger partial charge in [-0.2, -0.15) is 0 Å². The lowest BCUT2D eigenvalue weighted by atomic mass is 10.0. The van der Waals surface area contributed by atoms with E-state index < -0.39 is 11.9 Å². The number of amides is 3. The number of benzene rings is 1. The van der Waals surface area contributed by atoms with E-state index in [1.165, 1.54) is 4.90 Å². The third kappa shape index (κ3) is 4.53. The minimum Gasteiger partial charge on any atom is -0.494 e. The summed E-state index contributed by atoms with van der Waals surface area (Å²) in [5, 5.41) is 2.63. The molecule has 1 unspecified atom stereocenters. The van der Waals surface area contributed by atoms with Crippen LogP contribution < -0.4 is 15.8 Å². The molecule has 3 rings (SSSR count). The first-order valence-corrected chi connectivity index (χ1v) is 9.02. The average molecular weight is 359 g/mol. The van der Waals surface area contributed by atoms with Crippen molar-refractivity contribution >= 4 is 17.7 Å². The van der Waals surface area contributed by atoms with Gasteiger partial charge in [-0.1, -0.05) is 18.2 Å². The summed E-state index contributed by atoms with van der Waals surface area (Å²) >= 11 is 0. The van der Waals surface area contributed by atoms with Crippen LogP contribution in [0.25, 0.3) is 0 Å². The molecule has 0 aromatic heterocycles. The molecule has 0 radical (unpaired) electrons. The van der Waals surface area contributed by atoms with E-state index in [9.17, 15) is 14.4 Å². The van der Waals surface area contributed by atoms with Crippen molar-refractivity contribution in [2.24, 2.45) is 11.1 Å². The number of ether oxygens (including phenoxy) is 1. The first kappa shape index (κ1) is 18.2. The molecule has 3 amide bonds. The maximum Gasteiger partial charge on any atom is 0.242 e. The Morgan fingerprint density at radius 3 is 2.62 bits per heavy atom. The van der Waals surface area contributed by atoms with Crippen molar-refractivity contribution in [1.29, 1.82) is 0 Å². The van der Waals surface area contributed by atoms with Gasteiger partial charge >= 0.3 is 0 Å². The smallest absolute Gasteiger partial charge is 0.242 e. The van der Waals surface area contributed by atoms with Crippen LogP contribution in [-0.4, -0.2) is 48.4 Å². The fourth-order valence-electron chi connectivity index (χ4n) is 3.42. The highest BCUT2D eigenvalue weighted by atomic mass is 16.5. The highest BCUT2D eigenvalue weighted by Gasteiger charge is 2.54. The molecule has 7 nitrogen and oxygen atoms in total. The van der Waals surface area contributed by atoms with Crippen molar-refractivity contribution in [3.63, 3.8) is 0 Å². The number of primary amides is 1. The van der Waals surface area contributed by atoms with E-state index in [1.54, 1.807) is 0 Å². The molecule has 3 N–H and O–H groups in total. The van der Waals surface area contributed by atoms with Crippen LogP contribution in [0, 0.1) is 5.41 Å². The molecule has 1 atom stereocenters. The lowest BCUT2D eigenvalue weighted by Crippen LogP contribution is -2.47. The highest BCUT2D eigenvalue weighted by molar-refractivity contribution is 5.90. The summed E-state index contributed by atoms with van der Waals surface area (Å²) in [6.45, 7) is 0.905. The summed E-state index contributed by atoms with van der Waals surface area (Å²) in [4.78, 5) is 37.4. The topological polar surface area (TPSA) is 102 Å². The van der Waals surface area contributed by atoms with Crippen molar-refractivity contribution in [1.82, 2.24) is 10.2 Å². The molecule has 1 saturated heterocycles. The van der Waals surface area contributed by atoms with Gasteiger partial charge in [-0.3, -0.25) is 14.4 Å². The summed E-state index contributed by atoms with van der Waals surface area (Å²) in [6, 6.07) is 8.86. The molecule has 1 aliphatic heterocycles. The maximum atomic E-state index is 12.4. The first-order chi connectivity index (χ1) is 12.5. The Morgan fingerprint density at radius 1 is 1.23 bits per heavy atom. The summed E-state index contributed by atoms with van der Waals surface area (Å²) in [5.74, 6) is -0.146. The van der Waals surface area contributed by atoms with Crippen LogP contribution in [0.4, 0.5) is 0 Å².